The zero-order chi connectivity index (χ0) is 27.4. The average Bonchev–Trinajstić information content (AvgIpc) is 3.45. The molecule has 0 radical (unpaired) electrons. The van der Waals surface area contributed by atoms with E-state index in [1.807, 2.05) is 47.3 Å². The van der Waals surface area contributed by atoms with Gasteiger partial charge in [-0.3, -0.25) is 14.7 Å². The lowest BCUT2D eigenvalue weighted by Crippen LogP contribution is -2.38. The Hall–Kier alpha value is -4.17. The summed E-state index contributed by atoms with van der Waals surface area (Å²) in [5.74, 6) is 0.637. The first-order valence-electron chi connectivity index (χ1n) is 13.5. The molecule has 200 valence electrons. The summed E-state index contributed by atoms with van der Waals surface area (Å²) in [6, 6.07) is 22.0. The SMILES string of the molecule is CCc1ccc2[nH]c(=O)c([C@H](c3nnnn3C(C)(C)CC)N(Cc3ccccc3)Cc3cccnc3)cc2c1. The van der Waals surface area contributed by atoms with Gasteiger partial charge >= 0.3 is 0 Å². The van der Waals surface area contributed by atoms with E-state index in [9.17, 15) is 4.79 Å². The Morgan fingerprint density at radius 2 is 1.72 bits per heavy atom. The maximum absolute atomic E-state index is 13.8. The van der Waals surface area contributed by atoms with Crippen molar-refractivity contribution in [1.29, 1.82) is 0 Å². The lowest BCUT2D eigenvalue weighted by atomic mass is 9.98. The first-order valence-corrected chi connectivity index (χ1v) is 13.5. The molecular weight excluding hydrogens is 486 g/mol. The van der Waals surface area contributed by atoms with Gasteiger partial charge in [0.2, 0.25) is 0 Å². The number of nitrogens with zero attached hydrogens (tertiary/aromatic N) is 6. The molecule has 0 saturated heterocycles. The van der Waals surface area contributed by atoms with E-state index in [1.165, 1.54) is 5.56 Å². The van der Waals surface area contributed by atoms with Crippen molar-refractivity contribution >= 4 is 10.9 Å². The van der Waals surface area contributed by atoms with Gasteiger partial charge in [-0.15, -0.1) is 5.10 Å². The highest BCUT2D eigenvalue weighted by atomic mass is 16.1. The molecule has 0 bridgehead atoms. The fourth-order valence-corrected chi connectivity index (χ4v) is 4.92. The van der Waals surface area contributed by atoms with E-state index >= 15 is 0 Å². The van der Waals surface area contributed by atoms with Gasteiger partial charge in [0.1, 0.15) is 6.04 Å². The van der Waals surface area contributed by atoms with Crippen molar-refractivity contribution in [1.82, 2.24) is 35.1 Å². The molecule has 2 aromatic carbocycles. The number of aromatic amines is 1. The number of hydrogen-bond donors (Lipinski definition) is 1. The van der Waals surface area contributed by atoms with Crippen LogP contribution in [0.25, 0.3) is 10.9 Å². The van der Waals surface area contributed by atoms with Crippen LogP contribution in [0.15, 0.2) is 83.9 Å². The fraction of sp³-hybridized carbons (Fsp3) is 0.323. The average molecular weight is 522 g/mol. The van der Waals surface area contributed by atoms with Crippen LogP contribution >= 0.6 is 0 Å². The van der Waals surface area contributed by atoms with Crippen LogP contribution in [0.4, 0.5) is 0 Å². The third-order valence-corrected chi connectivity index (χ3v) is 7.52. The molecular formula is C31H35N7O. The van der Waals surface area contributed by atoms with Gasteiger partial charge in [-0.2, -0.15) is 0 Å². The quantitative estimate of drug-likeness (QED) is 0.264. The van der Waals surface area contributed by atoms with Gasteiger partial charge in [-0.1, -0.05) is 56.3 Å². The number of nitrogens with one attached hydrogen (secondary N) is 1. The molecule has 8 heteroatoms. The minimum atomic E-state index is -0.510. The number of fused-ring (bicyclic) bond motifs is 1. The molecule has 3 aromatic heterocycles. The van der Waals surface area contributed by atoms with E-state index in [1.54, 1.807) is 6.20 Å². The molecule has 0 aliphatic heterocycles. The number of aromatic nitrogens is 6. The Balaban J connectivity index is 1.74. The summed E-state index contributed by atoms with van der Waals surface area (Å²) in [5.41, 5.74) is 4.32. The number of hydrogen-bond acceptors (Lipinski definition) is 6. The number of benzene rings is 2. The Kier molecular flexibility index (Phi) is 7.65. The second kappa shape index (κ2) is 11.3. The summed E-state index contributed by atoms with van der Waals surface area (Å²) in [4.78, 5) is 23.5. The maximum Gasteiger partial charge on any atom is 0.253 e. The number of H-pyrrole nitrogens is 1. The van der Waals surface area contributed by atoms with Crippen molar-refractivity contribution < 1.29 is 0 Å². The van der Waals surface area contributed by atoms with Gasteiger partial charge in [-0.05, 0) is 83.5 Å². The van der Waals surface area contributed by atoms with Crippen molar-refractivity contribution in [3.8, 4) is 0 Å². The summed E-state index contributed by atoms with van der Waals surface area (Å²) in [6.45, 7) is 9.63. The monoisotopic (exact) mass is 521 g/mol. The van der Waals surface area contributed by atoms with Crippen LogP contribution < -0.4 is 5.56 Å². The second-order valence-electron chi connectivity index (χ2n) is 10.6. The zero-order valence-corrected chi connectivity index (χ0v) is 23.0. The third-order valence-electron chi connectivity index (χ3n) is 7.52. The smallest absolute Gasteiger partial charge is 0.253 e. The van der Waals surface area contributed by atoms with Gasteiger partial charge in [0, 0.05) is 36.6 Å². The highest BCUT2D eigenvalue weighted by molar-refractivity contribution is 5.80. The third kappa shape index (κ3) is 5.66. The normalized spacial score (nSPS) is 12.7. The predicted molar refractivity (Wildman–Crippen MR) is 153 cm³/mol. The van der Waals surface area contributed by atoms with Crippen molar-refractivity contribution in [2.24, 2.45) is 0 Å². The van der Waals surface area contributed by atoms with E-state index in [2.05, 4.69) is 88.4 Å². The van der Waals surface area contributed by atoms with Crippen LogP contribution in [0.1, 0.15) is 68.2 Å². The van der Waals surface area contributed by atoms with E-state index in [4.69, 9.17) is 0 Å². The predicted octanol–water partition coefficient (Wildman–Crippen LogP) is 5.41. The highest BCUT2D eigenvalue weighted by Gasteiger charge is 2.34. The van der Waals surface area contributed by atoms with Gasteiger partial charge in [-0.25, -0.2) is 4.68 Å². The summed E-state index contributed by atoms with van der Waals surface area (Å²) < 4.78 is 1.88. The molecule has 3 heterocycles. The Morgan fingerprint density at radius 3 is 2.44 bits per heavy atom. The lowest BCUT2D eigenvalue weighted by molar-refractivity contribution is 0.180. The standard InChI is InChI=1S/C31H35N7O/c1-5-22-14-15-27-25(17-22)18-26(30(39)33-27)28(29-34-35-36-38(29)31(3,4)6-2)37(20-23-11-8-7-9-12-23)21-24-13-10-16-32-19-24/h7-19,28H,5-6,20-21H2,1-4H3,(H,33,39)/t28-/m1/s1. The molecule has 0 aliphatic rings. The number of tetrazole rings is 1. The molecule has 0 spiro atoms. The van der Waals surface area contributed by atoms with Crippen molar-refractivity contribution in [3.63, 3.8) is 0 Å². The topological polar surface area (TPSA) is 92.6 Å². The van der Waals surface area contributed by atoms with E-state index in [0.717, 1.165) is 34.9 Å². The molecule has 0 aliphatic carbocycles. The molecule has 39 heavy (non-hydrogen) atoms. The minimum Gasteiger partial charge on any atom is -0.322 e. The van der Waals surface area contributed by atoms with E-state index < -0.39 is 6.04 Å². The minimum absolute atomic E-state index is 0.148. The van der Waals surface area contributed by atoms with Crippen molar-refractivity contribution in [3.05, 3.63) is 118 Å². The first kappa shape index (κ1) is 26.4. The molecule has 0 fully saturated rings. The molecule has 0 saturated carbocycles. The Bertz CT molecular complexity index is 1550. The molecule has 5 rings (SSSR count). The molecule has 1 atom stereocenters. The molecule has 0 amide bonds. The van der Waals surface area contributed by atoms with E-state index in [0.29, 0.717) is 24.5 Å². The Labute approximate surface area is 228 Å². The van der Waals surface area contributed by atoms with Crippen LogP contribution in [0.3, 0.4) is 0 Å². The van der Waals surface area contributed by atoms with Gasteiger partial charge in [0.05, 0.1) is 5.54 Å². The summed E-state index contributed by atoms with van der Waals surface area (Å²) in [7, 11) is 0. The fourth-order valence-electron chi connectivity index (χ4n) is 4.92. The zero-order valence-electron chi connectivity index (χ0n) is 23.0. The number of rotatable bonds is 10. The van der Waals surface area contributed by atoms with Crippen LogP contribution in [0.5, 0.6) is 0 Å². The first-order chi connectivity index (χ1) is 18.9. The van der Waals surface area contributed by atoms with E-state index in [-0.39, 0.29) is 11.1 Å². The number of aryl methyl sites for hydroxylation is 1. The maximum atomic E-state index is 13.8. The molecule has 8 nitrogen and oxygen atoms in total. The van der Waals surface area contributed by atoms with Crippen LogP contribution in [-0.4, -0.2) is 35.1 Å². The van der Waals surface area contributed by atoms with Crippen LogP contribution in [0, 0.1) is 0 Å². The van der Waals surface area contributed by atoms with Gasteiger partial charge in [0.25, 0.3) is 5.56 Å². The van der Waals surface area contributed by atoms with Crippen LogP contribution in [0.2, 0.25) is 0 Å². The van der Waals surface area contributed by atoms with Gasteiger partial charge in [0.15, 0.2) is 5.82 Å². The molecule has 5 aromatic rings. The molecule has 0 unspecified atom stereocenters. The van der Waals surface area contributed by atoms with Crippen molar-refractivity contribution in [2.75, 3.05) is 0 Å². The number of pyridine rings is 2. The summed E-state index contributed by atoms with van der Waals surface area (Å²) in [5, 5.41) is 14.1. The summed E-state index contributed by atoms with van der Waals surface area (Å²) in [6.07, 6.45) is 5.38. The Morgan fingerprint density at radius 1 is 0.949 bits per heavy atom. The largest absolute Gasteiger partial charge is 0.322 e. The van der Waals surface area contributed by atoms with Gasteiger partial charge < -0.3 is 4.98 Å². The summed E-state index contributed by atoms with van der Waals surface area (Å²) >= 11 is 0. The van der Waals surface area contributed by atoms with Crippen molar-refractivity contribution in [2.45, 2.75) is 65.2 Å². The second-order valence-corrected chi connectivity index (χ2v) is 10.6. The van der Waals surface area contributed by atoms with Crippen LogP contribution in [-0.2, 0) is 25.0 Å². The lowest BCUT2D eigenvalue weighted by Gasteiger charge is -2.33. The molecule has 1 N–H and O–H groups in total. The highest BCUT2D eigenvalue weighted by Crippen LogP contribution is 2.33.